The fraction of sp³-hybridized carbons (Fsp3) is 0.182. The Balaban J connectivity index is 2.25. The number of hydrogen-bond donors (Lipinski definition) is 0. The lowest BCUT2D eigenvalue weighted by Gasteiger charge is -1.96. The van der Waals surface area contributed by atoms with E-state index in [1.54, 1.807) is 12.1 Å². The van der Waals surface area contributed by atoms with Crippen molar-refractivity contribution in [2.24, 2.45) is 0 Å². The lowest BCUT2D eigenvalue weighted by atomic mass is 10.2. The van der Waals surface area contributed by atoms with Crippen LogP contribution in [0.2, 0.25) is 0 Å². The molecule has 0 atom stereocenters. The molecule has 4 heteroatoms. The van der Waals surface area contributed by atoms with Gasteiger partial charge in [-0.25, -0.2) is 9.37 Å². The van der Waals surface area contributed by atoms with Crippen LogP contribution in [0.25, 0.3) is 11.5 Å². The van der Waals surface area contributed by atoms with Crippen LogP contribution < -0.4 is 4.74 Å². The average molecular weight is 207 g/mol. The number of ether oxygens (including phenoxy) is 1. The summed E-state index contributed by atoms with van der Waals surface area (Å²) in [5.74, 6) is 0.519. The van der Waals surface area contributed by atoms with Gasteiger partial charge in [0.2, 0.25) is 5.89 Å². The zero-order chi connectivity index (χ0) is 10.7. The molecule has 0 aliphatic rings. The molecule has 0 fully saturated rings. The molecule has 0 aliphatic heterocycles. The number of benzene rings is 1. The minimum Gasteiger partial charge on any atom is -0.464 e. The Labute approximate surface area is 86.5 Å². The van der Waals surface area contributed by atoms with E-state index >= 15 is 0 Å². The molecule has 3 nitrogen and oxygen atoms in total. The quantitative estimate of drug-likeness (QED) is 0.776. The summed E-state index contributed by atoms with van der Waals surface area (Å²) in [6, 6.07) is 5.94. The summed E-state index contributed by atoms with van der Waals surface area (Å²) in [5.41, 5.74) is 0.724. The van der Waals surface area contributed by atoms with Crippen molar-refractivity contribution in [3.63, 3.8) is 0 Å². The third kappa shape index (κ3) is 2.15. The Kier molecular flexibility index (Phi) is 2.67. The fourth-order valence-corrected chi connectivity index (χ4v) is 1.19. The molecule has 0 amide bonds. The van der Waals surface area contributed by atoms with Crippen LogP contribution in [0, 0.1) is 5.82 Å². The standard InChI is InChI=1S/C11H10FNO2/c1-2-14-10-7-13-11(15-10)8-3-5-9(12)6-4-8/h3-7H,2H2,1H3. The van der Waals surface area contributed by atoms with Gasteiger partial charge in [0.05, 0.1) is 6.61 Å². The highest BCUT2D eigenvalue weighted by molar-refractivity contribution is 5.52. The number of aromatic nitrogens is 1. The minimum atomic E-state index is -0.282. The van der Waals surface area contributed by atoms with E-state index < -0.39 is 0 Å². The van der Waals surface area contributed by atoms with Crippen LogP contribution in [0.4, 0.5) is 4.39 Å². The number of nitrogens with zero attached hydrogens (tertiary/aromatic N) is 1. The van der Waals surface area contributed by atoms with E-state index in [2.05, 4.69) is 4.98 Å². The van der Waals surface area contributed by atoms with Gasteiger partial charge in [0.15, 0.2) is 0 Å². The highest BCUT2D eigenvalue weighted by atomic mass is 19.1. The molecule has 0 radical (unpaired) electrons. The van der Waals surface area contributed by atoms with Gasteiger partial charge in [-0.05, 0) is 31.2 Å². The SMILES string of the molecule is CCOc1cnc(-c2ccc(F)cc2)o1. The summed E-state index contributed by atoms with van der Waals surface area (Å²) in [5, 5.41) is 0. The topological polar surface area (TPSA) is 35.3 Å². The van der Waals surface area contributed by atoms with Crippen molar-refractivity contribution in [3.05, 3.63) is 36.3 Å². The summed E-state index contributed by atoms with van der Waals surface area (Å²) in [6.45, 7) is 2.39. The first-order chi connectivity index (χ1) is 7.29. The largest absolute Gasteiger partial charge is 0.464 e. The average Bonchev–Trinajstić information content (AvgIpc) is 2.68. The first kappa shape index (κ1) is 9.71. The van der Waals surface area contributed by atoms with Crippen LogP contribution in [0.5, 0.6) is 5.95 Å². The van der Waals surface area contributed by atoms with Crippen LogP contribution in [-0.4, -0.2) is 11.6 Å². The van der Waals surface area contributed by atoms with E-state index in [1.165, 1.54) is 18.3 Å². The van der Waals surface area contributed by atoms with E-state index in [4.69, 9.17) is 9.15 Å². The van der Waals surface area contributed by atoms with Crippen molar-refractivity contribution in [2.75, 3.05) is 6.61 Å². The highest BCUT2D eigenvalue weighted by Gasteiger charge is 2.06. The maximum Gasteiger partial charge on any atom is 0.305 e. The Bertz CT molecular complexity index is 436. The van der Waals surface area contributed by atoms with Gasteiger partial charge in [0.25, 0.3) is 0 Å². The van der Waals surface area contributed by atoms with E-state index in [9.17, 15) is 4.39 Å². The summed E-state index contributed by atoms with van der Waals surface area (Å²) in [7, 11) is 0. The maximum atomic E-state index is 12.7. The van der Waals surface area contributed by atoms with Crippen molar-refractivity contribution >= 4 is 0 Å². The van der Waals surface area contributed by atoms with Gasteiger partial charge < -0.3 is 9.15 Å². The third-order valence-corrected chi connectivity index (χ3v) is 1.86. The van der Waals surface area contributed by atoms with Crippen LogP contribution in [0.15, 0.2) is 34.9 Å². The van der Waals surface area contributed by atoms with Gasteiger partial charge in [-0.2, -0.15) is 0 Å². The molecular weight excluding hydrogens is 197 g/mol. The molecular formula is C11H10FNO2. The van der Waals surface area contributed by atoms with Crippen LogP contribution in [0.1, 0.15) is 6.92 Å². The molecule has 0 aliphatic carbocycles. The summed E-state index contributed by atoms with van der Waals surface area (Å²) >= 11 is 0. The van der Waals surface area contributed by atoms with Crippen LogP contribution >= 0.6 is 0 Å². The maximum absolute atomic E-state index is 12.7. The monoisotopic (exact) mass is 207 g/mol. The molecule has 2 aromatic rings. The third-order valence-electron chi connectivity index (χ3n) is 1.86. The number of rotatable bonds is 3. The molecule has 0 unspecified atom stereocenters. The molecule has 15 heavy (non-hydrogen) atoms. The number of hydrogen-bond acceptors (Lipinski definition) is 3. The van der Waals surface area contributed by atoms with Crippen LogP contribution in [0.3, 0.4) is 0 Å². The predicted octanol–water partition coefficient (Wildman–Crippen LogP) is 2.88. The second-order valence-corrected chi connectivity index (χ2v) is 2.92. The van der Waals surface area contributed by atoms with Crippen molar-refractivity contribution in [1.29, 1.82) is 0 Å². The van der Waals surface area contributed by atoms with E-state index in [0.717, 1.165) is 5.56 Å². The Morgan fingerprint density at radius 3 is 2.73 bits per heavy atom. The van der Waals surface area contributed by atoms with Crippen LogP contribution in [-0.2, 0) is 0 Å². The van der Waals surface area contributed by atoms with Crippen molar-refractivity contribution in [1.82, 2.24) is 4.98 Å². The molecule has 78 valence electrons. The Hall–Kier alpha value is -1.84. The zero-order valence-corrected chi connectivity index (χ0v) is 8.24. The van der Waals surface area contributed by atoms with Crippen molar-refractivity contribution in [3.8, 4) is 17.4 Å². The molecule has 0 bridgehead atoms. The molecule has 2 rings (SSSR count). The first-order valence-corrected chi connectivity index (χ1v) is 4.64. The molecule has 0 N–H and O–H groups in total. The van der Waals surface area contributed by atoms with Gasteiger partial charge >= 0.3 is 5.95 Å². The van der Waals surface area contributed by atoms with E-state index in [0.29, 0.717) is 18.4 Å². The zero-order valence-electron chi connectivity index (χ0n) is 8.24. The lowest BCUT2D eigenvalue weighted by molar-refractivity contribution is 0.260. The molecule has 0 saturated heterocycles. The highest BCUT2D eigenvalue weighted by Crippen LogP contribution is 2.22. The summed E-state index contributed by atoms with van der Waals surface area (Å²) in [6.07, 6.45) is 1.50. The predicted molar refractivity (Wildman–Crippen MR) is 53.1 cm³/mol. The smallest absolute Gasteiger partial charge is 0.305 e. The number of oxazole rings is 1. The van der Waals surface area contributed by atoms with Gasteiger partial charge in [-0.3, -0.25) is 0 Å². The molecule has 1 aromatic heterocycles. The van der Waals surface area contributed by atoms with Gasteiger partial charge in [-0.15, -0.1) is 0 Å². The minimum absolute atomic E-state index is 0.282. The summed E-state index contributed by atoms with van der Waals surface area (Å²) < 4.78 is 23.1. The van der Waals surface area contributed by atoms with Crippen molar-refractivity contribution in [2.45, 2.75) is 6.92 Å². The van der Waals surface area contributed by atoms with Gasteiger partial charge in [0.1, 0.15) is 12.0 Å². The fourth-order valence-electron chi connectivity index (χ4n) is 1.19. The molecule has 1 aromatic carbocycles. The van der Waals surface area contributed by atoms with Gasteiger partial charge in [-0.1, -0.05) is 0 Å². The normalized spacial score (nSPS) is 10.3. The second kappa shape index (κ2) is 4.13. The molecule has 1 heterocycles. The van der Waals surface area contributed by atoms with E-state index in [-0.39, 0.29) is 5.82 Å². The second-order valence-electron chi connectivity index (χ2n) is 2.92. The Morgan fingerprint density at radius 2 is 2.07 bits per heavy atom. The molecule has 0 saturated carbocycles. The van der Waals surface area contributed by atoms with Gasteiger partial charge in [0, 0.05) is 5.56 Å². The summed E-state index contributed by atoms with van der Waals surface area (Å²) in [4.78, 5) is 4.02. The Morgan fingerprint density at radius 1 is 1.33 bits per heavy atom. The first-order valence-electron chi connectivity index (χ1n) is 4.64. The molecule has 0 spiro atoms. The van der Waals surface area contributed by atoms with E-state index in [1.807, 2.05) is 6.92 Å². The van der Waals surface area contributed by atoms with Crippen molar-refractivity contribution < 1.29 is 13.5 Å². The lowest BCUT2D eigenvalue weighted by Crippen LogP contribution is -1.87. The number of halogens is 1.